The number of nitrogens with zero attached hydrogens (tertiary/aromatic N) is 1. The van der Waals surface area contributed by atoms with E-state index in [-0.39, 0.29) is 6.03 Å². The molecule has 0 spiro atoms. The number of carbonyl (C=O) groups excluding carboxylic acids is 1. The van der Waals surface area contributed by atoms with Crippen molar-refractivity contribution in [3.63, 3.8) is 0 Å². The highest BCUT2D eigenvalue weighted by molar-refractivity contribution is 5.90. The Balaban J connectivity index is 1.74. The average Bonchev–Trinajstić information content (AvgIpc) is 3.00. The first-order chi connectivity index (χ1) is 13.5. The maximum atomic E-state index is 12.4. The molecule has 1 heterocycles. The second-order valence-electron chi connectivity index (χ2n) is 6.72. The monoisotopic (exact) mass is 377 g/mol. The highest BCUT2D eigenvalue weighted by Gasteiger charge is 2.14. The van der Waals surface area contributed by atoms with Crippen molar-refractivity contribution in [1.29, 1.82) is 0 Å². The summed E-state index contributed by atoms with van der Waals surface area (Å²) < 4.78 is 7.66. The van der Waals surface area contributed by atoms with Crippen LogP contribution >= 0.6 is 0 Å². The standard InChI is InChI=1S/C23H27N3O2/c1-5-18-10-6-7-11-20(18)25-23(27)24-15-19-14-16(2)26(17(19)3)21-12-8-9-13-22(21)28-4/h6-14H,5,15H2,1-4H3,(H2,24,25,27). The lowest BCUT2D eigenvalue weighted by molar-refractivity contribution is 0.251. The molecule has 0 aliphatic carbocycles. The first kappa shape index (κ1) is 19.5. The van der Waals surface area contributed by atoms with Gasteiger partial charge in [0.05, 0.1) is 12.8 Å². The molecule has 0 bridgehead atoms. The highest BCUT2D eigenvalue weighted by atomic mass is 16.5. The molecule has 146 valence electrons. The van der Waals surface area contributed by atoms with Gasteiger partial charge in [-0.25, -0.2) is 4.79 Å². The van der Waals surface area contributed by atoms with Gasteiger partial charge in [0.2, 0.25) is 0 Å². The van der Waals surface area contributed by atoms with E-state index in [1.165, 1.54) is 0 Å². The molecule has 1 aromatic heterocycles. The van der Waals surface area contributed by atoms with Gasteiger partial charge in [-0.3, -0.25) is 0 Å². The lowest BCUT2D eigenvalue weighted by atomic mass is 10.1. The van der Waals surface area contributed by atoms with E-state index in [9.17, 15) is 4.79 Å². The summed E-state index contributed by atoms with van der Waals surface area (Å²) in [6.45, 7) is 6.64. The van der Waals surface area contributed by atoms with Crippen molar-refractivity contribution in [3.05, 3.63) is 77.1 Å². The molecule has 0 fully saturated rings. The van der Waals surface area contributed by atoms with Gasteiger partial charge in [-0.05, 0) is 55.7 Å². The van der Waals surface area contributed by atoms with Gasteiger partial charge < -0.3 is 19.9 Å². The topological polar surface area (TPSA) is 55.3 Å². The van der Waals surface area contributed by atoms with Crippen LogP contribution in [0.15, 0.2) is 54.6 Å². The lowest BCUT2D eigenvalue weighted by Gasteiger charge is -2.14. The molecule has 0 aliphatic rings. The Hall–Kier alpha value is -3.21. The molecule has 2 N–H and O–H groups in total. The van der Waals surface area contributed by atoms with E-state index < -0.39 is 0 Å². The molecular formula is C23H27N3O2. The number of hydrogen-bond donors (Lipinski definition) is 2. The van der Waals surface area contributed by atoms with Crippen LogP contribution in [-0.4, -0.2) is 17.7 Å². The zero-order valence-corrected chi connectivity index (χ0v) is 16.9. The number of hydrogen-bond acceptors (Lipinski definition) is 2. The van der Waals surface area contributed by atoms with Crippen molar-refractivity contribution >= 4 is 11.7 Å². The Morgan fingerprint density at radius 1 is 1.04 bits per heavy atom. The smallest absolute Gasteiger partial charge is 0.319 e. The Kier molecular flexibility index (Phi) is 6.04. The van der Waals surface area contributed by atoms with E-state index in [0.29, 0.717) is 6.54 Å². The molecule has 5 heteroatoms. The van der Waals surface area contributed by atoms with Crippen molar-refractivity contribution in [3.8, 4) is 11.4 Å². The summed E-state index contributed by atoms with van der Waals surface area (Å²) in [5, 5.41) is 5.91. The molecule has 0 unspecified atom stereocenters. The second-order valence-corrected chi connectivity index (χ2v) is 6.72. The van der Waals surface area contributed by atoms with Gasteiger partial charge >= 0.3 is 6.03 Å². The molecule has 3 aromatic rings. The molecule has 2 aromatic carbocycles. The van der Waals surface area contributed by atoms with Crippen molar-refractivity contribution in [2.75, 3.05) is 12.4 Å². The minimum absolute atomic E-state index is 0.206. The number of urea groups is 1. The summed E-state index contributed by atoms with van der Waals surface area (Å²) in [6, 6.07) is 17.7. The third kappa shape index (κ3) is 4.03. The van der Waals surface area contributed by atoms with Crippen LogP contribution < -0.4 is 15.4 Å². The summed E-state index contributed by atoms with van der Waals surface area (Å²) >= 11 is 0. The largest absolute Gasteiger partial charge is 0.495 e. The first-order valence-electron chi connectivity index (χ1n) is 9.49. The van der Waals surface area contributed by atoms with E-state index in [2.05, 4.69) is 42.0 Å². The van der Waals surface area contributed by atoms with Gasteiger partial charge in [0.25, 0.3) is 0 Å². The van der Waals surface area contributed by atoms with Crippen molar-refractivity contribution in [2.24, 2.45) is 0 Å². The fraction of sp³-hybridized carbons (Fsp3) is 0.261. The molecular weight excluding hydrogens is 350 g/mol. The van der Waals surface area contributed by atoms with Gasteiger partial charge in [0.15, 0.2) is 0 Å². The lowest BCUT2D eigenvalue weighted by Crippen LogP contribution is -2.28. The van der Waals surface area contributed by atoms with Crippen molar-refractivity contribution in [2.45, 2.75) is 33.7 Å². The fourth-order valence-corrected chi connectivity index (χ4v) is 3.49. The average molecular weight is 377 g/mol. The molecule has 0 saturated carbocycles. The number of nitrogens with one attached hydrogen (secondary N) is 2. The van der Waals surface area contributed by atoms with Gasteiger partial charge in [-0.15, -0.1) is 0 Å². The number of amides is 2. The van der Waals surface area contributed by atoms with Crippen molar-refractivity contribution < 1.29 is 9.53 Å². The maximum Gasteiger partial charge on any atom is 0.319 e. The summed E-state index contributed by atoms with van der Waals surface area (Å²) in [5.41, 5.74) is 6.20. The van der Waals surface area contributed by atoms with Crippen LogP contribution in [0, 0.1) is 13.8 Å². The zero-order chi connectivity index (χ0) is 20.1. The van der Waals surface area contributed by atoms with Gasteiger partial charge in [-0.1, -0.05) is 37.3 Å². The van der Waals surface area contributed by atoms with Crippen LogP contribution in [0.4, 0.5) is 10.5 Å². The number of methoxy groups -OCH3 is 1. The van der Waals surface area contributed by atoms with E-state index in [0.717, 1.165) is 46.1 Å². The summed E-state index contributed by atoms with van der Waals surface area (Å²) in [5.74, 6) is 0.817. The molecule has 28 heavy (non-hydrogen) atoms. The summed E-state index contributed by atoms with van der Waals surface area (Å²) in [7, 11) is 1.67. The Morgan fingerprint density at radius 2 is 1.75 bits per heavy atom. The predicted octanol–water partition coefficient (Wildman–Crippen LogP) is 4.99. The highest BCUT2D eigenvalue weighted by Crippen LogP contribution is 2.27. The van der Waals surface area contributed by atoms with Crippen LogP contribution in [0.25, 0.3) is 5.69 Å². The Morgan fingerprint density at radius 3 is 2.50 bits per heavy atom. The number of anilines is 1. The molecule has 5 nitrogen and oxygen atoms in total. The van der Waals surface area contributed by atoms with Gasteiger partial charge in [0.1, 0.15) is 5.75 Å². The molecule has 0 atom stereocenters. The van der Waals surface area contributed by atoms with Crippen LogP contribution in [0.3, 0.4) is 0 Å². The van der Waals surface area contributed by atoms with E-state index in [1.54, 1.807) is 7.11 Å². The number of benzene rings is 2. The summed E-state index contributed by atoms with van der Waals surface area (Å²) in [6.07, 6.45) is 0.872. The number of para-hydroxylation sites is 3. The third-order valence-electron chi connectivity index (χ3n) is 4.95. The molecule has 2 amide bonds. The first-order valence-corrected chi connectivity index (χ1v) is 9.49. The third-order valence-corrected chi connectivity index (χ3v) is 4.95. The zero-order valence-electron chi connectivity index (χ0n) is 16.9. The normalized spacial score (nSPS) is 10.6. The van der Waals surface area contributed by atoms with Crippen LogP contribution in [0.5, 0.6) is 5.75 Å². The SMILES string of the molecule is CCc1ccccc1NC(=O)NCc1cc(C)n(-c2ccccc2OC)c1C. The van der Waals surface area contributed by atoms with Gasteiger partial charge in [-0.2, -0.15) is 0 Å². The number of carbonyl (C=O) groups is 1. The Labute approximate surface area is 166 Å². The molecule has 0 aliphatic heterocycles. The van der Waals surface area contributed by atoms with E-state index in [1.807, 2.05) is 48.5 Å². The summed E-state index contributed by atoms with van der Waals surface area (Å²) in [4.78, 5) is 12.4. The second kappa shape index (κ2) is 8.65. The Bertz CT molecular complexity index is 976. The molecule has 3 rings (SSSR count). The van der Waals surface area contributed by atoms with Crippen LogP contribution in [0.1, 0.15) is 29.4 Å². The number of ether oxygens (including phenoxy) is 1. The van der Waals surface area contributed by atoms with Crippen molar-refractivity contribution in [1.82, 2.24) is 9.88 Å². The van der Waals surface area contributed by atoms with Crippen LogP contribution in [-0.2, 0) is 13.0 Å². The minimum Gasteiger partial charge on any atom is -0.495 e. The number of rotatable bonds is 6. The number of aromatic nitrogens is 1. The molecule has 0 radical (unpaired) electrons. The van der Waals surface area contributed by atoms with E-state index >= 15 is 0 Å². The predicted molar refractivity (Wildman–Crippen MR) is 113 cm³/mol. The minimum atomic E-state index is -0.206. The quantitative estimate of drug-likeness (QED) is 0.636. The van der Waals surface area contributed by atoms with E-state index in [4.69, 9.17) is 4.74 Å². The van der Waals surface area contributed by atoms with Gasteiger partial charge in [0, 0.05) is 23.6 Å². The fourth-order valence-electron chi connectivity index (χ4n) is 3.49. The molecule has 0 saturated heterocycles. The van der Waals surface area contributed by atoms with Crippen LogP contribution in [0.2, 0.25) is 0 Å². The maximum absolute atomic E-state index is 12.4. The number of aryl methyl sites for hydroxylation is 2.